The number of aliphatic carboxylic acids is 1. The number of ether oxygens (including phenoxy) is 1. The number of amides is 2. The summed E-state index contributed by atoms with van der Waals surface area (Å²) in [5.74, 6) is 0.0717. The summed E-state index contributed by atoms with van der Waals surface area (Å²) in [7, 11) is 1.68. The van der Waals surface area contributed by atoms with Gasteiger partial charge in [-0.1, -0.05) is 31.5 Å². The number of likely N-dealkylation sites (N-methyl/N-ethyl adjacent to an activating group) is 1. The van der Waals surface area contributed by atoms with Crippen LogP contribution >= 0.6 is 0 Å². The summed E-state index contributed by atoms with van der Waals surface area (Å²) in [5, 5.41) is 15.0. The standard InChI is InChI=1S/C21H31N3O4/c1-3-24(13-19(25)26)16-11-15(12-16)23-20(27)22-14-21(9-6-10-21)17-7-4-5-8-18(17)28-2/h4-5,7-8,15-16H,3,6,9-14H2,1-2H3,(H,25,26)(H2,22,23,27). The van der Waals surface area contributed by atoms with Gasteiger partial charge in [0, 0.05) is 29.6 Å². The van der Waals surface area contributed by atoms with E-state index < -0.39 is 5.97 Å². The molecule has 2 aliphatic rings. The molecule has 7 heteroatoms. The van der Waals surface area contributed by atoms with E-state index in [9.17, 15) is 9.59 Å². The highest BCUT2D eigenvalue weighted by Gasteiger charge is 2.41. The minimum atomic E-state index is -0.807. The zero-order chi connectivity index (χ0) is 20.1. The van der Waals surface area contributed by atoms with Crippen LogP contribution in [0.25, 0.3) is 0 Å². The highest BCUT2D eigenvalue weighted by molar-refractivity contribution is 5.74. The normalized spacial score (nSPS) is 22.7. The fraction of sp³-hybridized carbons (Fsp3) is 0.619. The molecule has 3 N–H and O–H groups in total. The van der Waals surface area contributed by atoms with Crippen LogP contribution < -0.4 is 15.4 Å². The average Bonchev–Trinajstić information content (AvgIpc) is 2.62. The molecule has 0 heterocycles. The van der Waals surface area contributed by atoms with Gasteiger partial charge in [-0.05, 0) is 38.3 Å². The van der Waals surface area contributed by atoms with Crippen molar-refractivity contribution in [1.82, 2.24) is 15.5 Å². The van der Waals surface area contributed by atoms with Gasteiger partial charge in [-0.2, -0.15) is 0 Å². The molecule has 0 unspecified atom stereocenters. The fourth-order valence-corrected chi connectivity index (χ4v) is 4.39. The highest BCUT2D eigenvalue weighted by Crippen LogP contribution is 2.46. The van der Waals surface area contributed by atoms with Crippen LogP contribution in [0.1, 0.15) is 44.6 Å². The van der Waals surface area contributed by atoms with E-state index >= 15 is 0 Å². The van der Waals surface area contributed by atoms with Gasteiger partial charge in [0.15, 0.2) is 0 Å². The van der Waals surface area contributed by atoms with Crippen molar-refractivity contribution in [3.05, 3.63) is 29.8 Å². The first-order valence-corrected chi connectivity index (χ1v) is 10.1. The Morgan fingerprint density at radius 3 is 2.57 bits per heavy atom. The van der Waals surface area contributed by atoms with E-state index in [-0.39, 0.29) is 30.1 Å². The molecular formula is C21H31N3O4. The van der Waals surface area contributed by atoms with Crippen LogP contribution in [0.4, 0.5) is 4.79 Å². The molecule has 0 aromatic heterocycles. The van der Waals surface area contributed by atoms with Gasteiger partial charge in [-0.25, -0.2) is 4.79 Å². The maximum absolute atomic E-state index is 12.4. The first-order chi connectivity index (χ1) is 13.5. The van der Waals surface area contributed by atoms with E-state index in [0.29, 0.717) is 13.1 Å². The number of para-hydroxylation sites is 1. The van der Waals surface area contributed by atoms with Gasteiger partial charge < -0.3 is 20.5 Å². The number of methoxy groups -OCH3 is 1. The Hall–Kier alpha value is -2.28. The van der Waals surface area contributed by atoms with E-state index in [0.717, 1.165) is 37.9 Å². The molecule has 1 aromatic carbocycles. The molecule has 2 aliphatic carbocycles. The summed E-state index contributed by atoms with van der Waals surface area (Å²) in [6.45, 7) is 3.32. The van der Waals surface area contributed by atoms with Crippen molar-refractivity contribution < 1.29 is 19.4 Å². The lowest BCUT2D eigenvalue weighted by atomic mass is 9.64. The number of urea groups is 1. The molecule has 1 aromatic rings. The maximum Gasteiger partial charge on any atom is 0.317 e. The lowest BCUT2D eigenvalue weighted by molar-refractivity contribution is -0.139. The Morgan fingerprint density at radius 2 is 2.00 bits per heavy atom. The summed E-state index contributed by atoms with van der Waals surface area (Å²) in [6, 6.07) is 8.24. The molecule has 3 rings (SSSR count). The molecule has 2 saturated carbocycles. The van der Waals surface area contributed by atoms with Crippen molar-refractivity contribution in [2.75, 3.05) is 26.7 Å². The largest absolute Gasteiger partial charge is 0.496 e. The number of carboxylic acids is 1. The first kappa shape index (κ1) is 20.5. The summed E-state index contributed by atoms with van der Waals surface area (Å²) in [5.41, 5.74) is 1.12. The number of hydrogen-bond acceptors (Lipinski definition) is 4. The monoisotopic (exact) mass is 389 g/mol. The second-order valence-corrected chi connectivity index (χ2v) is 7.94. The molecule has 0 aliphatic heterocycles. The SMILES string of the molecule is CCN(CC(=O)O)C1CC(NC(=O)NCC2(c3ccccc3OC)CCC2)C1. The third-order valence-corrected chi connectivity index (χ3v) is 6.29. The Kier molecular flexibility index (Phi) is 6.44. The van der Waals surface area contributed by atoms with Gasteiger partial charge in [0.25, 0.3) is 0 Å². The van der Waals surface area contributed by atoms with E-state index in [1.807, 2.05) is 30.0 Å². The van der Waals surface area contributed by atoms with Crippen molar-refractivity contribution in [2.45, 2.75) is 56.5 Å². The van der Waals surface area contributed by atoms with Crippen molar-refractivity contribution in [1.29, 1.82) is 0 Å². The molecule has 0 spiro atoms. The number of nitrogens with one attached hydrogen (secondary N) is 2. The van der Waals surface area contributed by atoms with E-state index in [4.69, 9.17) is 9.84 Å². The predicted molar refractivity (Wildman–Crippen MR) is 107 cm³/mol. The van der Waals surface area contributed by atoms with Gasteiger partial charge in [-0.3, -0.25) is 9.69 Å². The summed E-state index contributed by atoms with van der Waals surface area (Å²) in [4.78, 5) is 25.2. The van der Waals surface area contributed by atoms with Gasteiger partial charge in [-0.15, -0.1) is 0 Å². The second-order valence-electron chi connectivity index (χ2n) is 7.94. The van der Waals surface area contributed by atoms with Crippen molar-refractivity contribution >= 4 is 12.0 Å². The maximum atomic E-state index is 12.4. The predicted octanol–water partition coefficient (Wildman–Crippen LogP) is 2.35. The lowest BCUT2D eigenvalue weighted by Gasteiger charge is -2.44. The molecular weight excluding hydrogens is 358 g/mol. The molecule has 0 saturated heterocycles. The van der Waals surface area contributed by atoms with Crippen LogP contribution in [0.2, 0.25) is 0 Å². The lowest BCUT2D eigenvalue weighted by Crippen LogP contribution is -2.57. The van der Waals surface area contributed by atoms with E-state index in [1.54, 1.807) is 7.11 Å². The van der Waals surface area contributed by atoms with E-state index in [2.05, 4.69) is 16.7 Å². The number of hydrogen-bond donors (Lipinski definition) is 3. The molecule has 2 fully saturated rings. The topological polar surface area (TPSA) is 90.9 Å². The third-order valence-electron chi connectivity index (χ3n) is 6.29. The van der Waals surface area contributed by atoms with Crippen molar-refractivity contribution in [3.8, 4) is 5.75 Å². The minimum absolute atomic E-state index is 0.0490. The quantitative estimate of drug-likeness (QED) is 0.603. The number of benzene rings is 1. The van der Waals surface area contributed by atoms with Gasteiger partial charge >= 0.3 is 12.0 Å². The first-order valence-electron chi connectivity index (χ1n) is 10.1. The summed E-state index contributed by atoms with van der Waals surface area (Å²) < 4.78 is 5.52. The van der Waals surface area contributed by atoms with Crippen LogP contribution in [0.5, 0.6) is 5.75 Å². The van der Waals surface area contributed by atoms with Crippen molar-refractivity contribution in [2.24, 2.45) is 0 Å². The Labute approximate surface area is 166 Å². The fourth-order valence-electron chi connectivity index (χ4n) is 4.39. The second kappa shape index (κ2) is 8.82. The number of carboxylic acid groups (broad SMARTS) is 1. The van der Waals surface area contributed by atoms with Crippen LogP contribution in [0, 0.1) is 0 Å². The summed E-state index contributed by atoms with van der Waals surface area (Å²) >= 11 is 0. The average molecular weight is 389 g/mol. The van der Waals surface area contributed by atoms with Gasteiger partial charge in [0.1, 0.15) is 5.75 Å². The Morgan fingerprint density at radius 1 is 1.29 bits per heavy atom. The number of carbonyl (C=O) groups excluding carboxylic acids is 1. The smallest absolute Gasteiger partial charge is 0.317 e. The molecule has 2 amide bonds. The Bertz CT molecular complexity index is 699. The van der Waals surface area contributed by atoms with Crippen LogP contribution in [0.15, 0.2) is 24.3 Å². The van der Waals surface area contributed by atoms with Gasteiger partial charge in [0.2, 0.25) is 0 Å². The molecule has 0 radical (unpaired) electrons. The van der Waals surface area contributed by atoms with E-state index in [1.165, 1.54) is 5.56 Å². The number of carbonyl (C=O) groups is 2. The Balaban J connectivity index is 1.48. The molecule has 0 atom stereocenters. The highest BCUT2D eigenvalue weighted by atomic mass is 16.5. The molecule has 0 bridgehead atoms. The molecule has 7 nitrogen and oxygen atoms in total. The third kappa shape index (κ3) is 4.41. The number of rotatable bonds is 9. The van der Waals surface area contributed by atoms with Crippen molar-refractivity contribution in [3.63, 3.8) is 0 Å². The zero-order valence-electron chi connectivity index (χ0n) is 16.7. The van der Waals surface area contributed by atoms with Gasteiger partial charge in [0.05, 0.1) is 13.7 Å². The minimum Gasteiger partial charge on any atom is -0.496 e. The summed E-state index contributed by atoms with van der Waals surface area (Å²) in [6.07, 6.45) is 4.83. The van der Waals surface area contributed by atoms with Crippen LogP contribution in [-0.2, 0) is 10.2 Å². The number of nitrogens with zero attached hydrogens (tertiary/aromatic N) is 1. The molecule has 154 valence electrons. The van der Waals surface area contributed by atoms with Crippen LogP contribution in [-0.4, -0.2) is 60.8 Å². The van der Waals surface area contributed by atoms with Crippen LogP contribution in [0.3, 0.4) is 0 Å². The zero-order valence-corrected chi connectivity index (χ0v) is 16.7. The molecule has 28 heavy (non-hydrogen) atoms.